The number of carbonyl (C=O) groups excluding carboxylic acids is 1. The highest BCUT2D eigenvalue weighted by molar-refractivity contribution is 5.77. The first-order valence-electron chi connectivity index (χ1n) is 10.8. The summed E-state index contributed by atoms with van der Waals surface area (Å²) in [7, 11) is 1.49. The highest BCUT2D eigenvalue weighted by atomic mass is 16.5. The van der Waals surface area contributed by atoms with Crippen molar-refractivity contribution in [2.45, 2.75) is 84.8 Å². The Labute approximate surface area is 164 Å². The summed E-state index contributed by atoms with van der Waals surface area (Å²) in [6.45, 7) is 11.6. The smallest absolute Gasteiger partial charge is 0.311 e. The highest BCUT2D eigenvalue weighted by Gasteiger charge is 2.61. The number of rotatable bonds is 4. The Morgan fingerprint density at radius 1 is 1.30 bits per heavy atom. The van der Waals surface area contributed by atoms with Crippen molar-refractivity contribution in [2.75, 3.05) is 13.7 Å². The molecule has 0 aromatic rings. The number of fused-ring (bicyclic) bond motifs is 3. The van der Waals surface area contributed by atoms with Crippen LogP contribution in [0.25, 0.3) is 0 Å². The molecule has 4 heteroatoms. The number of ether oxygens (including phenoxy) is 2. The molecule has 3 aliphatic rings. The standard InChI is InChI=1S/C23H38O4/c1-7-27-23(15(2)3)12-9-17-16(14-23)18(24)13-19-21(17,4)10-8-11-22(19,5)20(25)26-6/h14-15,17-19,24H,7-13H2,1-6H3/t17?,18-,19?,21-,22-,23-/m1/s1. The van der Waals surface area contributed by atoms with E-state index in [4.69, 9.17) is 9.47 Å². The second-order valence-corrected chi connectivity index (χ2v) is 9.85. The Morgan fingerprint density at radius 2 is 2.00 bits per heavy atom. The number of hydrogen-bond donors (Lipinski definition) is 1. The van der Waals surface area contributed by atoms with E-state index >= 15 is 0 Å². The fourth-order valence-corrected chi connectivity index (χ4v) is 6.73. The molecule has 0 aromatic carbocycles. The van der Waals surface area contributed by atoms with E-state index in [1.165, 1.54) is 7.11 Å². The van der Waals surface area contributed by atoms with Crippen LogP contribution in [-0.4, -0.2) is 36.5 Å². The van der Waals surface area contributed by atoms with Crippen LogP contribution in [0.4, 0.5) is 0 Å². The summed E-state index contributed by atoms with van der Waals surface area (Å²) in [5.74, 6) is 0.736. The molecule has 0 bridgehead atoms. The van der Waals surface area contributed by atoms with Gasteiger partial charge in [0, 0.05) is 6.61 Å². The molecule has 0 amide bonds. The molecule has 2 saturated carbocycles. The summed E-state index contributed by atoms with van der Waals surface area (Å²) in [6, 6.07) is 0. The average Bonchev–Trinajstić information content (AvgIpc) is 2.63. The van der Waals surface area contributed by atoms with E-state index in [0.29, 0.717) is 24.9 Å². The zero-order valence-electron chi connectivity index (χ0n) is 18.0. The predicted molar refractivity (Wildman–Crippen MR) is 106 cm³/mol. The summed E-state index contributed by atoms with van der Waals surface area (Å²) in [5.41, 5.74) is 0.421. The fourth-order valence-electron chi connectivity index (χ4n) is 6.73. The summed E-state index contributed by atoms with van der Waals surface area (Å²) >= 11 is 0. The monoisotopic (exact) mass is 378 g/mol. The Hall–Kier alpha value is -0.870. The van der Waals surface area contributed by atoms with Crippen LogP contribution >= 0.6 is 0 Å². The molecule has 0 aromatic heterocycles. The molecule has 6 atom stereocenters. The second kappa shape index (κ2) is 7.18. The first kappa shape index (κ1) is 20.9. The van der Waals surface area contributed by atoms with E-state index in [1.807, 2.05) is 6.92 Å². The van der Waals surface area contributed by atoms with Crippen molar-refractivity contribution >= 4 is 5.97 Å². The van der Waals surface area contributed by atoms with E-state index in [9.17, 15) is 9.90 Å². The van der Waals surface area contributed by atoms with Gasteiger partial charge in [0.1, 0.15) is 0 Å². The molecule has 4 nitrogen and oxygen atoms in total. The Bertz CT molecular complexity index is 611. The largest absolute Gasteiger partial charge is 0.469 e. The van der Waals surface area contributed by atoms with Crippen LogP contribution in [0.2, 0.25) is 0 Å². The average molecular weight is 379 g/mol. The van der Waals surface area contributed by atoms with Crippen molar-refractivity contribution in [3.63, 3.8) is 0 Å². The van der Waals surface area contributed by atoms with Gasteiger partial charge in [-0.25, -0.2) is 0 Å². The molecule has 0 aliphatic heterocycles. The second-order valence-electron chi connectivity index (χ2n) is 9.85. The molecule has 1 N–H and O–H groups in total. The quantitative estimate of drug-likeness (QED) is 0.578. The van der Waals surface area contributed by atoms with Gasteiger partial charge in [-0.05, 0) is 74.7 Å². The lowest BCUT2D eigenvalue weighted by Crippen LogP contribution is -2.58. The lowest BCUT2D eigenvalue weighted by atomic mass is 9.45. The lowest BCUT2D eigenvalue weighted by molar-refractivity contribution is -0.172. The van der Waals surface area contributed by atoms with Gasteiger partial charge in [0.25, 0.3) is 0 Å². The van der Waals surface area contributed by atoms with Gasteiger partial charge >= 0.3 is 5.97 Å². The molecule has 2 unspecified atom stereocenters. The van der Waals surface area contributed by atoms with E-state index in [2.05, 4.69) is 33.8 Å². The maximum Gasteiger partial charge on any atom is 0.311 e. The van der Waals surface area contributed by atoms with Gasteiger partial charge in [0.2, 0.25) is 0 Å². The van der Waals surface area contributed by atoms with E-state index in [0.717, 1.165) is 37.7 Å². The molecule has 0 spiro atoms. The molecule has 2 fully saturated rings. The number of methoxy groups -OCH3 is 1. The summed E-state index contributed by atoms with van der Waals surface area (Å²) < 4.78 is 11.4. The van der Waals surface area contributed by atoms with Crippen molar-refractivity contribution in [3.8, 4) is 0 Å². The summed E-state index contributed by atoms with van der Waals surface area (Å²) in [5, 5.41) is 11.2. The molecule has 3 rings (SSSR count). The van der Waals surface area contributed by atoms with E-state index < -0.39 is 11.5 Å². The van der Waals surface area contributed by atoms with Crippen molar-refractivity contribution in [1.29, 1.82) is 0 Å². The number of aliphatic hydroxyl groups is 1. The summed E-state index contributed by atoms with van der Waals surface area (Å²) in [4.78, 5) is 12.7. The van der Waals surface area contributed by atoms with Crippen molar-refractivity contribution in [2.24, 2.45) is 28.6 Å². The first-order valence-corrected chi connectivity index (χ1v) is 10.8. The Kier molecular flexibility index (Phi) is 5.55. The number of esters is 1. The highest BCUT2D eigenvalue weighted by Crippen LogP contribution is 2.64. The van der Waals surface area contributed by atoms with Gasteiger partial charge in [-0.2, -0.15) is 0 Å². The molecule has 0 heterocycles. The van der Waals surface area contributed by atoms with Crippen LogP contribution in [0.3, 0.4) is 0 Å². The van der Waals surface area contributed by atoms with Crippen molar-refractivity contribution < 1.29 is 19.4 Å². The molecule has 27 heavy (non-hydrogen) atoms. The fraction of sp³-hybridized carbons (Fsp3) is 0.870. The van der Waals surface area contributed by atoms with Crippen LogP contribution in [-0.2, 0) is 14.3 Å². The molecule has 154 valence electrons. The van der Waals surface area contributed by atoms with Gasteiger partial charge in [0.15, 0.2) is 0 Å². The van der Waals surface area contributed by atoms with Crippen molar-refractivity contribution in [1.82, 2.24) is 0 Å². The Morgan fingerprint density at radius 3 is 2.59 bits per heavy atom. The molecule has 3 aliphatic carbocycles. The maximum absolute atomic E-state index is 12.7. The van der Waals surface area contributed by atoms with Crippen LogP contribution in [0, 0.1) is 28.6 Å². The van der Waals surface area contributed by atoms with E-state index in [1.54, 1.807) is 0 Å². The van der Waals surface area contributed by atoms with Gasteiger partial charge in [-0.15, -0.1) is 0 Å². The third kappa shape index (κ3) is 3.07. The predicted octanol–water partition coefficient (Wildman–Crippen LogP) is 4.50. The van der Waals surface area contributed by atoms with E-state index in [-0.39, 0.29) is 22.9 Å². The topological polar surface area (TPSA) is 55.8 Å². The third-order valence-corrected chi connectivity index (χ3v) is 8.30. The van der Waals surface area contributed by atoms with Gasteiger partial charge < -0.3 is 14.6 Å². The SMILES string of the molecule is CCO[C@@]1(C(C)C)C=C2C(CC1)[C@@]1(C)CCC[C@@](C)(C(=O)OC)C1C[C@H]2O. The molecular weight excluding hydrogens is 340 g/mol. The zero-order valence-corrected chi connectivity index (χ0v) is 18.0. The van der Waals surface area contributed by atoms with Gasteiger partial charge in [0.05, 0.1) is 24.2 Å². The maximum atomic E-state index is 12.7. The van der Waals surface area contributed by atoms with Crippen LogP contribution in [0.5, 0.6) is 0 Å². The minimum atomic E-state index is -0.499. The summed E-state index contributed by atoms with van der Waals surface area (Å²) in [6.07, 6.45) is 7.43. The van der Waals surface area contributed by atoms with Gasteiger partial charge in [-0.1, -0.05) is 33.3 Å². The molecule has 0 radical (unpaired) electrons. The lowest BCUT2D eigenvalue weighted by Gasteiger charge is -2.60. The number of aliphatic hydroxyl groups excluding tert-OH is 1. The number of hydrogen-bond acceptors (Lipinski definition) is 4. The number of carbonyl (C=O) groups is 1. The van der Waals surface area contributed by atoms with Gasteiger partial charge in [-0.3, -0.25) is 4.79 Å². The van der Waals surface area contributed by atoms with Crippen LogP contribution in [0.1, 0.15) is 73.1 Å². The molecular formula is C23H38O4. The minimum absolute atomic E-state index is 0.0294. The molecule has 0 saturated heterocycles. The van der Waals surface area contributed by atoms with Crippen molar-refractivity contribution in [3.05, 3.63) is 11.6 Å². The minimum Gasteiger partial charge on any atom is -0.469 e. The Balaban J connectivity index is 2.02. The zero-order chi connectivity index (χ0) is 20.0. The first-order chi connectivity index (χ1) is 12.6. The van der Waals surface area contributed by atoms with Crippen LogP contribution in [0.15, 0.2) is 11.6 Å². The normalized spacial score (nSPS) is 44.3. The van der Waals surface area contributed by atoms with Crippen LogP contribution < -0.4 is 0 Å². The third-order valence-electron chi connectivity index (χ3n) is 8.30.